The maximum Gasteiger partial charge on any atom is 0.124 e. The second-order valence-electron chi connectivity index (χ2n) is 4.71. The van der Waals surface area contributed by atoms with Gasteiger partial charge in [0.05, 0.1) is 10.2 Å². The molecule has 0 saturated heterocycles. The van der Waals surface area contributed by atoms with Crippen LogP contribution in [-0.2, 0) is 0 Å². The third-order valence-corrected chi connectivity index (χ3v) is 4.54. The molecule has 18 heavy (non-hydrogen) atoms. The Bertz CT molecular complexity index is 686. The molecule has 0 radical (unpaired) electrons. The molecule has 0 atom stereocenters. The predicted octanol–water partition coefficient (Wildman–Crippen LogP) is 4.89. The SMILES string of the molecule is Cc1ccccc1-c1nc2c(C)ccc(C)c2s1. The van der Waals surface area contributed by atoms with Crippen LogP contribution in [0.5, 0.6) is 0 Å². The van der Waals surface area contributed by atoms with Crippen LogP contribution in [0.1, 0.15) is 16.7 Å². The number of hydrogen-bond acceptors (Lipinski definition) is 2. The van der Waals surface area contributed by atoms with Crippen molar-refractivity contribution in [1.29, 1.82) is 0 Å². The molecule has 2 aromatic carbocycles. The van der Waals surface area contributed by atoms with E-state index in [1.54, 1.807) is 11.3 Å². The quantitative estimate of drug-likeness (QED) is 0.601. The Morgan fingerprint density at radius 3 is 2.28 bits per heavy atom. The van der Waals surface area contributed by atoms with Gasteiger partial charge >= 0.3 is 0 Å². The fraction of sp³-hybridized carbons (Fsp3) is 0.188. The van der Waals surface area contributed by atoms with Crippen molar-refractivity contribution in [3.05, 3.63) is 53.1 Å². The summed E-state index contributed by atoms with van der Waals surface area (Å²) in [6.45, 7) is 6.42. The lowest BCUT2D eigenvalue weighted by atomic mass is 10.1. The fourth-order valence-corrected chi connectivity index (χ4v) is 3.39. The summed E-state index contributed by atoms with van der Waals surface area (Å²) in [5.41, 5.74) is 6.25. The van der Waals surface area contributed by atoms with Crippen molar-refractivity contribution in [3.8, 4) is 10.6 Å². The normalized spacial score (nSPS) is 11.1. The van der Waals surface area contributed by atoms with Crippen LogP contribution in [-0.4, -0.2) is 4.98 Å². The highest BCUT2D eigenvalue weighted by Crippen LogP contribution is 2.34. The van der Waals surface area contributed by atoms with Gasteiger partial charge in [-0.15, -0.1) is 11.3 Å². The van der Waals surface area contributed by atoms with E-state index < -0.39 is 0 Å². The lowest BCUT2D eigenvalue weighted by Crippen LogP contribution is -1.82. The number of fused-ring (bicyclic) bond motifs is 1. The Balaban J connectivity index is 2.29. The number of benzene rings is 2. The van der Waals surface area contributed by atoms with E-state index in [4.69, 9.17) is 4.98 Å². The van der Waals surface area contributed by atoms with Gasteiger partial charge in [-0.3, -0.25) is 0 Å². The summed E-state index contributed by atoms with van der Waals surface area (Å²) in [6.07, 6.45) is 0. The molecule has 0 fully saturated rings. The minimum atomic E-state index is 1.13. The second kappa shape index (κ2) is 4.21. The highest BCUT2D eigenvalue weighted by Gasteiger charge is 2.11. The number of rotatable bonds is 1. The van der Waals surface area contributed by atoms with E-state index in [1.165, 1.54) is 27.0 Å². The first-order valence-corrected chi connectivity index (χ1v) is 6.91. The first-order chi connectivity index (χ1) is 8.66. The minimum absolute atomic E-state index is 1.13. The first-order valence-electron chi connectivity index (χ1n) is 6.09. The Kier molecular flexibility index (Phi) is 2.67. The molecule has 90 valence electrons. The standard InChI is InChI=1S/C16H15NS/c1-10-6-4-5-7-13(10)16-17-14-11(2)8-9-12(3)15(14)18-16/h4-9H,1-3H3. The molecule has 0 spiro atoms. The molecule has 1 heterocycles. The third kappa shape index (κ3) is 1.73. The highest BCUT2D eigenvalue weighted by molar-refractivity contribution is 7.21. The first kappa shape index (κ1) is 11.4. The molecule has 0 unspecified atom stereocenters. The molecule has 0 amide bonds. The zero-order chi connectivity index (χ0) is 12.7. The lowest BCUT2D eigenvalue weighted by molar-refractivity contribution is 1.38. The number of hydrogen-bond donors (Lipinski definition) is 0. The van der Waals surface area contributed by atoms with E-state index in [9.17, 15) is 0 Å². The van der Waals surface area contributed by atoms with Gasteiger partial charge in [0.1, 0.15) is 5.01 Å². The van der Waals surface area contributed by atoms with Gasteiger partial charge < -0.3 is 0 Å². The molecule has 3 rings (SSSR count). The van der Waals surface area contributed by atoms with Crippen molar-refractivity contribution in [3.63, 3.8) is 0 Å². The van der Waals surface area contributed by atoms with Gasteiger partial charge in [0.15, 0.2) is 0 Å². The Morgan fingerprint density at radius 1 is 0.833 bits per heavy atom. The maximum atomic E-state index is 4.82. The van der Waals surface area contributed by atoms with Gasteiger partial charge in [-0.1, -0.05) is 36.4 Å². The Morgan fingerprint density at radius 2 is 1.56 bits per heavy atom. The van der Waals surface area contributed by atoms with Crippen molar-refractivity contribution in [2.75, 3.05) is 0 Å². The average molecular weight is 253 g/mol. The van der Waals surface area contributed by atoms with Crippen molar-refractivity contribution >= 4 is 21.6 Å². The highest BCUT2D eigenvalue weighted by atomic mass is 32.1. The van der Waals surface area contributed by atoms with Crippen LogP contribution < -0.4 is 0 Å². The van der Waals surface area contributed by atoms with E-state index in [2.05, 4.69) is 57.2 Å². The summed E-state index contributed by atoms with van der Waals surface area (Å²) in [4.78, 5) is 4.82. The second-order valence-corrected chi connectivity index (χ2v) is 5.71. The van der Waals surface area contributed by atoms with E-state index in [1.807, 2.05) is 0 Å². The minimum Gasteiger partial charge on any atom is -0.236 e. The van der Waals surface area contributed by atoms with Crippen LogP contribution in [0.15, 0.2) is 36.4 Å². The molecular weight excluding hydrogens is 238 g/mol. The maximum absolute atomic E-state index is 4.82. The summed E-state index contributed by atoms with van der Waals surface area (Å²) in [7, 11) is 0. The van der Waals surface area contributed by atoms with Gasteiger partial charge in [-0.05, 0) is 37.5 Å². The largest absolute Gasteiger partial charge is 0.236 e. The van der Waals surface area contributed by atoms with Crippen LogP contribution in [0.3, 0.4) is 0 Å². The number of aromatic nitrogens is 1. The molecule has 0 saturated carbocycles. The van der Waals surface area contributed by atoms with Gasteiger partial charge in [-0.25, -0.2) is 4.98 Å². The lowest BCUT2D eigenvalue weighted by Gasteiger charge is -1.99. The molecule has 0 bridgehead atoms. The van der Waals surface area contributed by atoms with Crippen LogP contribution in [0.25, 0.3) is 20.8 Å². The summed E-state index contributed by atoms with van der Waals surface area (Å²) in [5, 5.41) is 1.13. The molecule has 3 aromatic rings. The number of aryl methyl sites for hydroxylation is 3. The molecule has 1 aromatic heterocycles. The van der Waals surface area contributed by atoms with Crippen LogP contribution in [0, 0.1) is 20.8 Å². The Labute approximate surface area is 111 Å². The topological polar surface area (TPSA) is 12.9 Å². The van der Waals surface area contributed by atoms with Crippen LogP contribution >= 0.6 is 11.3 Å². The summed E-state index contributed by atoms with van der Waals surface area (Å²) in [6, 6.07) is 12.8. The molecule has 1 nitrogen and oxygen atoms in total. The van der Waals surface area contributed by atoms with E-state index in [0.717, 1.165) is 10.5 Å². The van der Waals surface area contributed by atoms with Gasteiger partial charge in [-0.2, -0.15) is 0 Å². The number of thiazole rings is 1. The van der Waals surface area contributed by atoms with Crippen molar-refractivity contribution < 1.29 is 0 Å². The molecular formula is C16H15NS. The fourth-order valence-electron chi connectivity index (χ4n) is 2.19. The number of nitrogens with zero attached hydrogens (tertiary/aromatic N) is 1. The summed E-state index contributed by atoms with van der Waals surface area (Å²) in [5.74, 6) is 0. The van der Waals surface area contributed by atoms with Gasteiger partial charge in [0.25, 0.3) is 0 Å². The van der Waals surface area contributed by atoms with Crippen LogP contribution in [0.4, 0.5) is 0 Å². The zero-order valence-corrected chi connectivity index (χ0v) is 11.6. The zero-order valence-electron chi connectivity index (χ0n) is 10.8. The van der Waals surface area contributed by atoms with Crippen molar-refractivity contribution in [2.45, 2.75) is 20.8 Å². The molecule has 2 heteroatoms. The van der Waals surface area contributed by atoms with Gasteiger partial charge in [0.2, 0.25) is 0 Å². The third-order valence-electron chi connectivity index (χ3n) is 3.32. The Hall–Kier alpha value is -1.67. The van der Waals surface area contributed by atoms with E-state index >= 15 is 0 Å². The van der Waals surface area contributed by atoms with Crippen molar-refractivity contribution in [2.24, 2.45) is 0 Å². The predicted molar refractivity (Wildman–Crippen MR) is 79.3 cm³/mol. The average Bonchev–Trinajstić information content (AvgIpc) is 2.80. The van der Waals surface area contributed by atoms with Gasteiger partial charge in [0, 0.05) is 5.56 Å². The van der Waals surface area contributed by atoms with E-state index in [0.29, 0.717) is 0 Å². The smallest absolute Gasteiger partial charge is 0.124 e. The molecule has 0 aliphatic heterocycles. The molecule has 0 N–H and O–H groups in total. The van der Waals surface area contributed by atoms with E-state index in [-0.39, 0.29) is 0 Å². The van der Waals surface area contributed by atoms with Crippen molar-refractivity contribution in [1.82, 2.24) is 4.98 Å². The van der Waals surface area contributed by atoms with Crippen LogP contribution in [0.2, 0.25) is 0 Å². The monoisotopic (exact) mass is 253 g/mol. The molecule has 0 aliphatic carbocycles. The molecule has 0 aliphatic rings. The summed E-state index contributed by atoms with van der Waals surface area (Å²) >= 11 is 1.79. The summed E-state index contributed by atoms with van der Waals surface area (Å²) < 4.78 is 1.31.